The van der Waals surface area contributed by atoms with Gasteiger partial charge in [0.25, 0.3) is 5.91 Å². The summed E-state index contributed by atoms with van der Waals surface area (Å²) in [6, 6.07) is 12.2. The maximum absolute atomic E-state index is 12.1. The van der Waals surface area contributed by atoms with Gasteiger partial charge in [-0.05, 0) is 43.7 Å². The predicted molar refractivity (Wildman–Crippen MR) is 98.3 cm³/mol. The summed E-state index contributed by atoms with van der Waals surface area (Å²) in [7, 11) is 1.55. The molecule has 2 aromatic carbocycles. The van der Waals surface area contributed by atoms with Crippen molar-refractivity contribution in [3.05, 3.63) is 59.7 Å². The third-order valence-electron chi connectivity index (χ3n) is 3.46. The molecule has 2 aromatic rings. The normalized spacial score (nSPS) is 10.5. The van der Waals surface area contributed by atoms with E-state index in [1.165, 1.54) is 6.92 Å². The highest BCUT2D eigenvalue weighted by Crippen LogP contribution is 2.28. The molecular formula is C20H21NO4. The van der Waals surface area contributed by atoms with Crippen molar-refractivity contribution in [1.82, 2.24) is 0 Å². The van der Waals surface area contributed by atoms with Gasteiger partial charge in [0, 0.05) is 11.3 Å². The number of ketones is 1. The Bertz CT molecular complexity index is 796. The van der Waals surface area contributed by atoms with Crippen molar-refractivity contribution in [2.45, 2.75) is 13.8 Å². The molecule has 5 nitrogen and oxygen atoms in total. The van der Waals surface area contributed by atoms with Crippen LogP contribution in [-0.2, 0) is 4.79 Å². The number of anilines is 1. The van der Waals surface area contributed by atoms with E-state index in [2.05, 4.69) is 5.32 Å². The third-order valence-corrected chi connectivity index (χ3v) is 3.46. The van der Waals surface area contributed by atoms with Gasteiger partial charge in [-0.2, -0.15) is 0 Å². The number of hydrogen-bond acceptors (Lipinski definition) is 4. The standard InChI is InChI=1S/C20H21NO4/c1-4-6-15-9-10-18(19(11-15)24-3)25-13-20(23)21-17-8-5-7-16(12-17)14(2)22/h4-12H,13H2,1-3H3,(H,21,23)/b6-4+. The fourth-order valence-electron chi connectivity index (χ4n) is 2.26. The average molecular weight is 339 g/mol. The van der Waals surface area contributed by atoms with Gasteiger partial charge in [0.15, 0.2) is 23.9 Å². The molecule has 0 bridgehead atoms. The van der Waals surface area contributed by atoms with Gasteiger partial charge < -0.3 is 14.8 Å². The van der Waals surface area contributed by atoms with Crippen LogP contribution in [0.2, 0.25) is 0 Å². The summed E-state index contributed by atoms with van der Waals surface area (Å²) in [6.07, 6.45) is 3.87. The minimum atomic E-state index is -0.319. The van der Waals surface area contributed by atoms with Crippen molar-refractivity contribution in [2.24, 2.45) is 0 Å². The smallest absolute Gasteiger partial charge is 0.262 e. The van der Waals surface area contributed by atoms with Gasteiger partial charge in [0.2, 0.25) is 0 Å². The number of amides is 1. The molecule has 0 fully saturated rings. The minimum Gasteiger partial charge on any atom is -0.493 e. The second kappa shape index (κ2) is 8.68. The number of carbonyl (C=O) groups excluding carboxylic acids is 2. The molecule has 130 valence electrons. The fourth-order valence-corrected chi connectivity index (χ4v) is 2.26. The van der Waals surface area contributed by atoms with E-state index in [-0.39, 0.29) is 18.3 Å². The van der Waals surface area contributed by atoms with E-state index < -0.39 is 0 Å². The molecular weight excluding hydrogens is 318 g/mol. The quantitative estimate of drug-likeness (QED) is 0.776. The first-order valence-corrected chi connectivity index (χ1v) is 7.88. The van der Waals surface area contributed by atoms with Gasteiger partial charge in [-0.3, -0.25) is 9.59 Å². The van der Waals surface area contributed by atoms with Crippen LogP contribution < -0.4 is 14.8 Å². The molecule has 0 aliphatic heterocycles. The summed E-state index contributed by atoms with van der Waals surface area (Å²) in [4.78, 5) is 23.4. The van der Waals surface area contributed by atoms with Gasteiger partial charge in [0.1, 0.15) is 0 Å². The Hall–Kier alpha value is -3.08. The van der Waals surface area contributed by atoms with Crippen LogP contribution in [0.4, 0.5) is 5.69 Å². The van der Waals surface area contributed by atoms with Crippen molar-refractivity contribution in [3.63, 3.8) is 0 Å². The molecule has 0 saturated heterocycles. The molecule has 0 aliphatic carbocycles. The van der Waals surface area contributed by atoms with E-state index in [9.17, 15) is 9.59 Å². The zero-order valence-electron chi connectivity index (χ0n) is 14.5. The number of nitrogens with one attached hydrogen (secondary N) is 1. The second-order valence-corrected chi connectivity index (χ2v) is 5.38. The van der Waals surface area contributed by atoms with Crippen LogP contribution in [-0.4, -0.2) is 25.4 Å². The molecule has 0 saturated carbocycles. The molecule has 0 aromatic heterocycles. The molecule has 2 rings (SSSR count). The molecule has 25 heavy (non-hydrogen) atoms. The van der Waals surface area contributed by atoms with Crippen LogP contribution in [0.1, 0.15) is 29.8 Å². The number of benzene rings is 2. The summed E-state index contributed by atoms with van der Waals surface area (Å²) in [5, 5.41) is 2.71. The SMILES string of the molecule is C/C=C/c1ccc(OCC(=O)Nc2cccc(C(C)=O)c2)c(OC)c1. The monoisotopic (exact) mass is 339 g/mol. The van der Waals surface area contributed by atoms with E-state index in [1.807, 2.05) is 31.2 Å². The number of carbonyl (C=O) groups is 2. The van der Waals surface area contributed by atoms with Gasteiger partial charge >= 0.3 is 0 Å². The zero-order chi connectivity index (χ0) is 18.2. The van der Waals surface area contributed by atoms with Crippen molar-refractivity contribution < 1.29 is 19.1 Å². The first kappa shape index (κ1) is 18.3. The minimum absolute atomic E-state index is 0.0571. The van der Waals surface area contributed by atoms with Gasteiger partial charge in [-0.25, -0.2) is 0 Å². The maximum Gasteiger partial charge on any atom is 0.262 e. The average Bonchev–Trinajstić information content (AvgIpc) is 2.61. The van der Waals surface area contributed by atoms with Crippen molar-refractivity contribution in [2.75, 3.05) is 19.0 Å². The fraction of sp³-hybridized carbons (Fsp3) is 0.200. The summed E-state index contributed by atoms with van der Waals surface area (Å²) in [5.41, 5.74) is 2.08. The Morgan fingerprint density at radius 3 is 2.60 bits per heavy atom. The molecule has 0 aliphatic rings. The van der Waals surface area contributed by atoms with Gasteiger partial charge in [0.05, 0.1) is 7.11 Å². The van der Waals surface area contributed by atoms with Crippen LogP contribution in [0.5, 0.6) is 11.5 Å². The Morgan fingerprint density at radius 1 is 1.12 bits per heavy atom. The lowest BCUT2D eigenvalue weighted by Crippen LogP contribution is -2.20. The van der Waals surface area contributed by atoms with Crippen LogP contribution in [0, 0.1) is 0 Å². The van der Waals surface area contributed by atoms with Crippen LogP contribution in [0.15, 0.2) is 48.5 Å². The highest BCUT2D eigenvalue weighted by Gasteiger charge is 2.09. The van der Waals surface area contributed by atoms with Crippen molar-refractivity contribution in [1.29, 1.82) is 0 Å². The largest absolute Gasteiger partial charge is 0.493 e. The molecule has 0 radical (unpaired) electrons. The topological polar surface area (TPSA) is 64.6 Å². The highest BCUT2D eigenvalue weighted by molar-refractivity contribution is 5.97. The van der Waals surface area contributed by atoms with E-state index in [0.29, 0.717) is 22.7 Å². The second-order valence-electron chi connectivity index (χ2n) is 5.38. The molecule has 0 unspecified atom stereocenters. The number of Topliss-reactive ketones (excluding diaryl/α,β-unsaturated/α-hetero) is 1. The van der Waals surface area contributed by atoms with E-state index in [0.717, 1.165) is 5.56 Å². The van der Waals surface area contributed by atoms with Crippen LogP contribution >= 0.6 is 0 Å². The summed E-state index contributed by atoms with van der Waals surface area (Å²) >= 11 is 0. The van der Waals surface area contributed by atoms with Gasteiger partial charge in [-0.15, -0.1) is 0 Å². The highest BCUT2D eigenvalue weighted by atomic mass is 16.5. The first-order valence-electron chi connectivity index (χ1n) is 7.88. The van der Waals surface area contributed by atoms with Crippen molar-refractivity contribution in [3.8, 4) is 11.5 Å². The van der Waals surface area contributed by atoms with Crippen LogP contribution in [0.3, 0.4) is 0 Å². The number of rotatable bonds is 7. The Balaban J connectivity index is 2.00. The van der Waals surface area contributed by atoms with E-state index in [4.69, 9.17) is 9.47 Å². The number of ether oxygens (including phenoxy) is 2. The Labute approximate surface area is 147 Å². The molecule has 1 amide bonds. The lowest BCUT2D eigenvalue weighted by atomic mass is 10.1. The number of allylic oxidation sites excluding steroid dienone is 1. The van der Waals surface area contributed by atoms with E-state index >= 15 is 0 Å². The zero-order valence-corrected chi connectivity index (χ0v) is 14.5. The maximum atomic E-state index is 12.1. The molecule has 0 atom stereocenters. The molecule has 5 heteroatoms. The van der Waals surface area contributed by atoms with Gasteiger partial charge in [-0.1, -0.05) is 30.4 Å². The Morgan fingerprint density at radius 2 is 1.92 bits per heavy atom. The summed E-state index contributed by atoms with van der Waals surface area (Å²) in [5.74, 6) is 0.670. The van der Waals surface area contributed by atoms with Crippen molar-refractivity contribution >= 4 is 23.5 Å². The summed E-state index contributed by atoms with van der Waals surface area (Å²) < 4.78 is 10.8. The number of hydrogen-bond donors (Lipinski definition) is 1. The lowest BCUT2D eigenvalue weighted by molar-refractivity contribution is -0.118. The number of methoxy groups -OCH3 is 1. The van der Waals surface area contributed by atoms with E-state index in [1.54, 1.807) is 37.4 Å². The van der Waals surface area contributed by atoms with Crippen LogP contribution in [0.25, 0.3) is 6.08 Å². The Kier molecular flexibility index (Phi) is 6.34. The third kappa shape index (κ3) is 5.21. The molecule has 1 N–H and O–H groups in total. The molecule has 0 heterocycles. The lowest BCUT2D eigenvalue weighted by Gasteiger charge is -2.12. The molecule has 0 spiro atoms. The summed E-state index contributed by atoms with van der Waals surface area (Å²) in [6.45, 7) is 3.25. The predicted octanol–water partition coefficient (Wildman–Crippen LogP) is 3.95. The first-order chi connectivity index (χ1) is 12.0.